The van der Waals surface area contributed by atoms with Crippen molar-refractivity contribution in [1.82, 2.24) is 14.8 Å². The molecule has 1 heterocycles. The van der Waals surface area contributed by atoms with E-state index in [2.05, 4.69) is 22.4 Å². The van der Waals surface area contributed by atoms with Gasteiger partial charge >= 0.3 is 0 Å². The Bertz CT molecular complexity index is 781. The summed E-state index contributed by atoms with van der Waals surface area (Å²) >= 11 is 7.24. The van der Waals surface area contributed by atoms with Crippen LogP contribution in [0.25, 0.3) is 0 Å². The summed E-state index contributed by atoms with van der Waals surface area (Å²) in [4.78, 5) is 22.4. The monoisotopic (exact) mass is 383 g/mol. The Morgan fingerprint density at radius 3 is 2.80 bits per heavy atom. The molecule has 0 bridgehead atoms. The minimum absolute atomic E-state index is 0.100. The average molecular weight is 384 g/mol. The molecule has 0 atom stereocenters. The molecular formula is C15H18ClN5O3S. The summed E-state index contributed by atoms with van der Waals surface area (Å²) in [7, 11) is 0. The number of non-ortho nitro benzene ring substituents is 1. The van der Waals surface area contributed by atoms with E-state index in [1.54, 1.807) is 0 Å². The lowest BCUT2D eigenvalue weighted by Gasteiger charge is -2.08. The van der Waals surface area contributed by atoms with Crippen LogP contribution in [0.15, 0.2) is 23.4 Å². The van der Waals surface area contributed by atoms with Crippen molar-refractivity contribution in [3.63, 3.8) is 0 Å². The topological polar surface area (TPSA) is 103 Å². The number of hydrogen-bond acceptors (Lipinski definition) is 6. The number of rotatable bonds is 8. The first-order chi connectivity index (χ1) is 12.0. The Kier molecular flexibility index (Phi) is 6.77. The Hall–Kier alpha value is -2.13. The minimum atomic E-state index is -0.542. The molecule has 8 nitrogen and oxygen atoms in total. The molecule has 1 aromatic carbocycles. The second-order valence-corrected chi connectivity index (χ2v) is 6.50. The van der Waals surface area contributed by atoms with Crippen molar-refractivity contribution >= 4 is 40.6 Å². The second-order valence-electron chi connectivity index (χ2n) is 5.15. The van der Waals surface area contributed by atoms with Gasteiger partial charge in [0.1, 0.15) is 5.82 Å². The number of halogens is 1. The van der Waals surface area contributed by atoms with Gasteiger partial charge in [0.05, 0.1) is 21.4 Å². The first kappa shape index (κ1) is 19.2. The number of carbonyl (C=O) groups is 1. The van der Waals surface area contributed by atoms with Gasteiger partial charge in [-0.25, -0.2) is 0 Å². The highest BCUT2D eigenvalue weighted by atomic mass is 35.5. The smallest absolute Gasteiger partial charge is 0.271 e. The van der Waals surface area contributed by atoms with E-state index in [0.717, 1.165) is 25.2 Å². The maximum Gasteiger partial charge on any atom is 0.271 e. The number of benzene rings is 1. The Labute approximate surface area is 154 Å². The molecule has 1 aromatic heterocycles. The summed E-state index contributed by atoms with van der Waals surface area (Å²) in [5.74, 6) is 0.674. The molecule has 0 aliphatic carbocycles. The minimum Gasteiger partial charge on any atom is -0.324 e. The Morgan fingerprint density at radius 1 is 1.40 bits per heavy atom. The lowest BCUT2D eigenvalue weighted by molar-refractivity contribution is -0.384. The third-order valence-electron chi connectivity index (χ3n) is 3.35. The number of carbonyl (C=O) groups excluding carboxylic acids is 1. The van der Waals surface area contributed by atoms with Crippen LogP contribution < -0.4 is 5.32 Å². The zero-order valence-electron chi connectivity index (χ0n) is 13.9. The molecule has 2 aromatic rings. The Morgan fingerprint density at radius 2 is 2.16 bits per heavy atom. The van der Waals surface area contributed by atoms with Crippen molar-refractivity contribution < 1.29 is 9.72 Å². The van der Waals surface area contributed by atoms with Crippen LogP contribution >= 0.6 is 23.4 Å². The zero-order chi connectivity index (χ0) is 18.4. The van der Waals surface area contributed by atoms with Gasteiger partial charge in [-0.15, -0.1) is 10.2 Å². The molecule has 25 heavy (non-hydrogen) atoms. The third-order valence-corrected chi connectivity index (χ3v) is 4.65. The van der Waals surface area contributed by atoms with Crippen molar-refractivity contribution in [3.8, 4) is 0 Å². The normalized spacial score (nSPS) is 10.7. The highest BCUT2D eigenvalue weighted by Crippen LogP contribution is 2.27. The highest BCUT2D eigenvalue weighted by Gasteiger charge is 2.15. The van der Waals surface area contributed by atoms with Crippen molar-refractivity contribution in [3.05, 3.63) is 39.2 Å². The highest BCUT2D eigenvalue weighted by molar-refractivity contribution is 7.99. The SMILES string of the molecule is CCCc1nnc(SCC(=O)Nc2cc([N+](=O)[O-])ccc2Cl)n1CC. The van der Waals surface area contributed by atoms with Crippen LogP contribution in [0, 0.1) is 10.1 Å². The van der Waals surface area contributed by atoms with E-state index >= 15 is 0 Å². The predicted octanol–water partition coefficient (Wildman–Crippen LogP) is 3.54. The van der Waals surface area contributed by atoms with Gasteiger partial charge in [0.25, 0.3) is 5.69 Å². The summed E-state index contributed by atoms with van der Waals surface area (Å²) in [5.41, 5.74) is 0.0763. The first-order valence-electron chi connectivity index (χ1n) is 7.74. The van der Waals surface area contributed by atoms with Gasteiger partial charge in [0.15, 0.2) is 5.16 Å². The van der Waals surface area contributed by atoms with Crippen molar-refractivity contribution in [2.75, 3.05) is 11.1 Å². The molecule has 1 amide bonds. The fourth-order valence-corrected chi connectivity index (χ4v) is 3.18. The van der Waals surface area contributed by atoms with Crippen molar-refractivity contribution in [1.29, 1.82) is 0 Å². The van der Waals surface area contributed by atoms with Gasteiger partial charge in [-0.2, -0.15) is 0 Å². The lowest BCUT2D eigenvalue weighted by atomic mass is 10.3. The summed E-state index contributed by atoms with van der Waals surface area (Å²) in [6.07, 6.45) is 1.80. The second kappa shape index (κ2) is 8.82. The van der Waals surface area contributed by atoms with Gasteiger partial charge in [-0.1, -0.05) is 30.3 Å². The molecular weight excluding hydrogens is 366 g/mol. The van der Waals surface area contributed by atoms with Crippen LogP contribution in [0.5, 0.6) is 0 Å². The number of amides is 1. The third kappa shape index (κ3) is 4.93. The predicted molar refractivity (Wildman–Crippen MR) is 97.2 cm³/mol. The van der Waals surface area contributed by atoms with E-state index in [4.69, 9.17) is 11.6 Å². The molecule has 0 saturated carbocycles. The van der Waals surface area contributed by atoms with Crippen LogP contribution in [0.3, 0.4) is 0 Å². The van der Waals surface area contributed by atoms with E-state index in [1.165, 1.54) is 30.0 Å². The van der Waals surface area contributed by atoms with Crippen LogP contribution in [-0.2, 0) is 17.8 Å². The number of hydrogen-bond donors (Lipinski definition) is 1. The number of nitro benzene ring substituents is 1. The fraction of sp³-hybridized carbons (Fsp3) is 0.400. The van der Waals surface area contributed by atoms with Crippen LogP contribution in [-0.4, -0.2) is 31.3 Å². The van der Waals surface area contributed by atoms with Crippen LogP contribution in [0.4, 0.5) is 11.4 Å². The van der Waals surface area contributed by atoms with Gasteiger partial charge < -0.3 is 9.88 Å². The van der Waals surface area contributed by atoms with Gasteiger partial charge in [-0.05, 0) is 19.4 Å². The van der Waals surface area contributed by atoms with Gasteiger partial charge in [-0.3, -0.25) is 14.9 Å². The summed E-state index contributed by atoms with van der Waals surface area (Å²) in [6, 6.07) is 3.90. The average Bonchev–Trinajstić information content (AvgIpc) is 2.97. The zero-order valence-corrected chi connectivity index (χ0v) is 15.4. The first-order valence-corrected chi connectivity index (χ1v) is 9.11. The number of anilines is 1. The van der Waals surface area contributed by atoms with E-state index in [9.17, 15) is 14.9 Å². The number of nitrogens with zero attached hydrogens (tertiary/aromatic N) is 4. The molecule has 0 radical (unpaired) electrons. The van der Waals surface area contributed by atoms with Gasteiger partial charge in [0, 0.05) is 25.1 Å². The lowest BCUT2D eigenvalue weighted by Crippen LogP contribution is -2.15. The molecule has 1 N–H and O–H groups in total. The summed E-state index contributed by atoms with van der Waals surface area (Å²) in [6.45, 7) is 4.79. The number of nitro groups is 1. The van der Waals surface area contributed by atoms with E-state index < -0.39 is 4.92 Å². The molecule has 0 unspecified atom stereocenters. The quantitative estimate of drug-likeness (QED) is 0.424. The molecule has 0 saturated heterocycles. The molecule has 0 spiro atoms. The number of nitrogens with one attached hydrogen (secondary N) is 1. The van der Waals surface area contributed by atoms with E-state index in [1.807, 2.05) is 11.5 Å². The maximum absolute atomic E-state index is 12.1. The van der Waals surface area contributed by atoms with E-state index in [-0.39, 0.29) is 28.1 Å². The van der Waals surface area contributed by atoms with E-state index in [0.29, 0.717) is 5.16 Å². The maximum atomic E-state index is 12.1. The molecule has 0 fully saturated rings. The molecule has 0 aliphatic heterocycles. The Balaban J connectivity index is 2.02. The molecule has 10 heteroatoms. The van der Waals surface area contributed by atoms with Gasteiger partial charge in [0.2, 0.25) is 5.91 Å². The molecule has 2 rings (SSSR count). The molecule has 0 aliphatic rings. The number of aryl methyl sites for hydroxylation is 1. The molecule has 134 valence electrons. The standard InChI is InChI=1S/C15H18ClN5O3S/c1-3-5-13-18-19-15(20(13)4-2)25-9-14(22)17-12-8-10(21(23)24)6-7-11(12)16/h6-8H,3-5,9H2,1-2H3,(H,17,22). The van der Waals surface area contributed by atoms with Crippen molar-refractivity contribution in [2.24, 2.45) is 0 Å². The van der Waals surface area contributed by atoms with Crippen LogP contribution in [0.2, 0.25) is 5.02 Å². The fourth-order valence-electron chi connectivity index (χ4n) is 2.19. The van der Waals surface area contributed by atoms with Crippen LogP contribution in [0.1, 0.15) is 26.1 Å². The summed E-state index contributed by atoms with van der Waals surface area (Å²) < 4.78 is 1.97. The largest absolute Gasteiger partial charge is 0.324 e. The number of aromatic nitrogens is 3. The summed E-state index contributed by atoms with van der Waals surface area (Å²) in [5, 5.41) is 22.6. The van der Waals surface area contributed by atoms with Crippen molar-refractivity contribution in [2.45, 2.75) is 38.4 Å². The number of thioether (sulfide) groups is 1.